The van der Waals surface area contributed by atoms with Crippen molar-refractivity contribution in [3.05, 3.63) is 51.3 Å². The van der Waals surface area contributed by atoms with Gasteiger partial charge in [0.2, 0.25) is 0 Å². The standard InChI is InChI=1S/C15H19Cl2N3/c1-4-7-18-14(15-13(17)9-19-20(15)3)11-6-5-10(2)8-12(11)16/h5-6,8-9,14,18H,4,7H2,1-3H3. The first-order valence-electron chi connectivity index (χ1n) is 6.71. The van der Waals surface area contributed by atoms with Crippen LogP contribution < -0.4 is 5.32 Å². The van der Waals surface area contributed by atoms with E-state index < -0.39 is 0 Å². The molecule has 1 aromatic heterocycles. The van der Waals surface area contributed by atoms with Gasteiger partial charge >= 0.3 is 0 Å². The fourth-order valence-corrected chi connectivity index (χ4v) is 2.87. The van der Waals surface area contributed by atoms with Crippen LogP contribution in [0.3, 0.4) is 0 Å². The molecule has 0 amide bonds. The first-order valence-corrected chi connectivity index (χ1v) is 7.47. The van der Waals surface area contributed by atoms with E-state index in [1.165, 1.54) is 0 Å². The van der Waals surface area contributed by atoms with Gasteiger partial charge in [0, 0.05) is 12.1 Å². The molecule has 0 aliphatic rings. The Labute approximate surface area is 129 Å². The topological polar surface area (TPSA) is 29.9 Å². The maximum absolute atomic E-state index is 6.41. The van der Waals surface area contributed by atoms with Crippen molar-refractivity contribution in [2.75, 3.05) is 6.54 Å². The average Bonchev–Trinajstić information content (AvgIpc) is 2.72. The molecule has 1 aromatic carbocycles. The molecule has 2 rings (SSSR count). The molecule has 0 aliphatic heterocycles. The Bertz CT molecular complexity index is 573. The zero-order valence-electron chi connectivity index (χ0n) is 12.0. The van der Waals surface area contributed by atoms with Crippen LogP contribution in [0.2, 0.25) is 10.0 Å². The van der Waals surface area contributed by atoms with Crippen molar-refractivity contribution in [3.8, 4) is 0 Å². The average molecular weight is 312 g/mol. The number of hydrogen-bond donors (Lipinski definition) is 1. The first kappa shape index (κ1) is 15.4. The third-order valence-corrected chi connectivity index (χ3v) is 3.90. The smallest absolute Gasteiger partial charge is 0.0837 e. The monoisotopic (exact) mass is 311 g/mol. The van der Waals surface area contributed by atoms with Gasteiger partial charge in [-0.15, -0.1) is 0 Å². The molecule has 0 aliphatic carbocycles. The molecule has 0 fully saturated rings. The van der Waals surface area contributed by atoms with E-state index in [2.05, 4.69) is 23.4 Å². The SMILES string of the molecule is CCCNC(c1ccc(C)cc1Cl)c1c(Cl)cnn1C. The Kier molecular flexibility index (Phi) is 5.08. The van der Waals surface area contributed by atoms with Crippen LogP contribution >= 0.6 is 23.2 Å². The molecule has 3 nitrogen and oxygen atoms in total. The van der Waals surface area contributed by atoms with Gasteiger partial charge in [-0.3, -0.25) is 4.68 Å². The summed E-state index contributed by atoms with van der Waals surface area (Å²) in [6.45, 7) is 5.04. The number of rotatable bonds is 5. The molecular weight excluding hydrogens is 293 g/mol. The maximum atomic E-state index is 6.41. The summed E-state index contributed by atoms with van der Waals surface area (Å²) in [5, 5.41) is 9.12. The van der Waals surface area contributed by atoms with Gasteiger partial charge in [0.25, 0.3) is 0 Å². The number of nitrogens with one attached hydrogen (secondary N) is 1. The van der Waals surface area contributed by atoms with Gasteiger partial charge in [-0.1, -0.05) is 42.3 Å². The van der Waals surface area contributed by atoms with Gasteiger partial charge in [-0.2, -0.15) is 5.10 Å². The second-order valence-electron chi connectivity index (χ2n) is 4.91. The molecule has 20 heavy (non-hydrogen) atoms. The fraction of sp³-hybridized carbons (Fsp3) is 0.400. The molecule has 1 N–H and O–H groups in total. The zero-order chi connectivity index (χ0) is 14.7. The van der Waals surface area contributed by atoms with Gasteiger partial charge in [0.15, 0.2) is 0 Å². The highest BCUT2D eigenvalue weighted by molar-refractivity contribution is 6.32. The third-order valence-electron chi connectivity index (χ3n) is 3.28. The number of benzene rings is 1. The van der Waals surface area contributed by atoms with Crippen LogP contribution in [0, 0.1) is 6.92 Å². The molecular formula is C15H19Cl2N3. The van der Waals surface area contributed by atoms with Crippen molar-refractivity contribution in [2.45, 2.75) is 26.3 Å². The Hall–Kier alpha value is -1.03. The van der Waals surface area contributed by atoms with Crippen molar-refractivity contribution in [1.82, 2.24) is 15.1 Å². The molecule has 0 saturated carbocycles. The molecule has 0 bridgehead atoms. The highest BCUT2D eigenvalue weighted by Gasteiger charge is 2.22. The summed E-state index contributed by atoms with van der Waals surface area (Å²) in [5.74, 6) is 0. The normalized spacial score (nSPS) is 12.7. The van der Waals surface area contributed by atoms with Gasteiger partial charge in [-0.25, -0.2) is 0 Å². The molecule has 108 valence electrons. The predicted octanol–water partition coefficient (Wildman–Crippen LogP) is 4.12. The Morgan fingerprint density at radius 2 is 2.05 bits per heavy atom. The maximum Gasteiger partial charge on any atom is 0.0837 e. The van der Waals surface area contributed by atoms with E-state index in [1.54, 1.807) is 10.9 Å². The van der Waals surface area contributed by atoms with Gasteiger partial charge in [0.05, 0.1) is 23.0 Å². The van der Waals surface area contributed by atoms with Crippen LogP contribution in [0.5, 0.6) is 0 Å². The third kappa shape index (κ3) is 3.17. The van der Waals surface area contributed by atoms with E-state index >= 15 is 0 Å². The summed E-state index contributed by atoms with van der Waals surface area (Å²) < 4.78 is 1.80. The van der Waals surface area contributed by atoms with E-state index in [0.29, 0.717) is 5.02 Å². The number of nitrogens with zero attached hydrogens (tertiary/aromatic N) is 2. The Morgan fingerprint density at radius 3 is 2.60 bits per heavy atom. The number of aromatic nitrogens is 2. The lowest BCUT2D eigenvalue weighted by molar-refractivity contribution is 0.554. The van der Waals surface area contributed by atoms with Crippen molar-refractivity contribution in [3.63, 3.8) is 0 Å². The van der Waals surface area contributed by atoms with Crippen molar-refractivity contribution in [2.24, 2.45) is 7.05 Å². The fourth-order valence-electron chi connectivity index (χ4n) is 2.25. The summed E-state index contributed by atoms with van der Waals surface area (Å²) in [6.07, 6.45) is 2.70. The molecule has 0 saturated heterocycles. The van der Waals surface area contributed by atoms with Crippen LogP contribution in [0.25, 0.3) is 0 Å². The largest absolute Gasteiger partial charge is 0.305 e. The molecule has 0 spiro atoms. The molecule has 1 unspecified atom stereocenters. The summed E-state index contributed by atoms with van der Waals surface area (Å²) in [4.78, 5) is 0. The lowest BCUT2D eigenvalue weighted by Crippen LogP contribution is -2.26. The summed E-state index contributed by atoms with van der Waals surface area (Å²) >= 11 is 12.7. The lowest BCUT2D eigenvalue weighted by atomic mass is 10.0. The zero-order valence-corrected chi connectivity index (χ0v) is 13.5. The van der Waals surface area contributed by atoms with Crippen LogP contribution in [0.15, 0.2) is 24.4 Å². The van der Waals surface area contributed by atoms with Crippen molar-refractivity contribution < 1.29 is 0 Å². The molecule has 2 aromatic rings. The summed E-state index contributed by atoms with van der Waals surface area (Å²) in [5.41, 5.74) is 3.10. The van der Waals surface area contributed by atoms with E-state index in [0.717, 1.165) is 34.8 Å². The predicted molar refractivity (Wildman–Crippen MR) is 84.5 cm³/mol. The van der Waals surface area contributed by atoms with Crippen LogP contribution in [-0.4, -0.2) is 16.3 Å². The Balaban J connectivity index is 2.47. The van der Waals surface area contributed by atoms with Crippen molar-refractivity contribution >= 4 is 23.2 Å². The van der Waals surface area contributed by atoms with Gasteiger partial charge in [-0.05, 0) is 37.1 Å². The van der Waals surface area contributed by atoms with Crippen LogP contribution in [0.1, 0.15) is 36.2 Å². The van der Waals surface area contributed by atoms with Crippen molar-refractivity contribution in [1.29, 1.82) is 0 Å². The lowest BCUT2D eigenvalue weighted by Gasteiger charge is -2.21. The van der Waals surface area contributed by atoms with E-state index in [-0.39, 0.29) is 6.04 Å². The number of halogens is 2. The van der Waals surface area contributed by atoms with Gasteiger partial charge < -0.3 is 5.32 Å². The summed E-state index contributed by atoms with van der Waals surface area (Å²) in [6, 6.07) is 6.03. The minimum absolute atomic E-state index is 0.0527. The van der Waals surface area contributed by atoms with E-state index in [9.17, 15) is 0 Å². The molecule has 1 heterocycles. The van der Waals surface area contributed by atoms with Crippen LogP contribution in [0.4, 0.5) is 0 Å². The number of hydrogen-bond acceptors (Lipinski definition) is 2. The van der Waals surface area contributed by atoms with Gasteiger partial charge in [0.1, 0.15) is 0 Å². The molecule has 0 radical (unpaired) electrons. The second-order valence-corrected chi connectivity index (χ2v) is 5.73. The summed E-state index contributed by atoms with van der Waals surface area (Å²) in [7, 11) is 1.89. The minimum Gasteiger partial charge on any atom is -0.305 e. The number of aryl methyl sites for hydroxylation is 2. The second kappa shape index (κ2) is 6.61. The quantitative estimate of drug-likeness (QED) is 0.900. The highest BCUT2D eigenvalue weighted by Crippen LogP contribution is 2.32. The van der Waals surface area contributed by atoms with E-state index in [4.69, 9.17) is 23.2 Å². The molecule has 5 heteroatoms. The first-order chi connectivity index (χ1) is 9.54. The highest BCUT2D eigenvalue weighted by atomic mass is 35.5. The van der Waals surface area contributed by atoms with Crippen LogP contribution in [-0.2, 0) is 7.05 Å². The molecule has 1 atom stereocenters. The minimum atomic E-state index is -0.0527. The Morgan fingerprint density at radius 1 is 1.30 bits per heavy atom. The van der Waals surface area contributed by atoms with E-state index in [1.807, 2.05) is 26.1 Å².